The van der Waals surface area contributed by atoms with Crippen LogP contribution >= 0.6 is 0 Å². The van der Waals surface area contributed by atoms with E-state index in [-0.39, 0.29) is 11.9 Å². The molecule has 3 aromatic heterocycles. The molecule has 0 radical (unpaired) electrons. The van der Waals surface area contributed by atoms with Gasteiger partial charge in [-0.3, -0.25) is 0 Å². The molecule has 9 heteroatoms. The van der Waals surface area contributed by atoms with E-state index in [1.807, 2.05) is 18.3 Å². The van der Waals surface area contributed by atoms with Crippen LogP contribution in [0.5, 0.6) is 0 Å². The molecule has 1 aromatic carbocycles. The van der Waals surface area contributed by atoms with E-state index < -0.39 is 0 Å². The first-order chi connectivity index (χ1) is 17.6. The molecule has 1 N–H and O–H groups in total. The fourth-order valence-corrected chi connectivity index (χ4v) is 5.07. The lowest BCUT2D eigenvalue weighted by molar-refractivity contribution is 0.145. The average Bonchev–Trinajstić information content (AvgIpc) is 3.30. The third-order valence-corrected chi connectivity index (χ3v) is 7.20. The standard InChI is InChI=1S/C27H29FN6O2/c1-32-12-14-33(15-13-32)22-7-4-19(16-29-22)25-23(18-2-5-20(28)6-3-18)24-26(30-17-31-27(24)36-25)34-10-8-21(35)9-11-34/h2-7,16-17,21,35H,8-15H2,1H3. The third kappa shape index (κ3) is 4.29. The SMILES string of the molecule is CN1CCN(c2ccc(-c3oc4ncnc(N5CCC(O)CC5)c4c3-c3ccc(F)cc3)cn2)CC1. The van der Waals surface area contributed by atoms with Gasteiger partial charge < -0.3 is 24.2 Å². The van der Waals surface area contributed by atoms with E-state index in [1.54, 1.807) is 12.1 Å². The lowest BCUT2D eigenvalue weighted by Gasteiger charge is -2.33. The van der Waals surface area contributed by atoms with E-state index in [0.29, 0.717) is 37.4 Å². The predicted molar refractivity (Wildman–Crippen MR) is 138 cm³/mol. The molecule has 0 amide bonds. The van der Waals surface area contributed by atoms with Crippen molar-refractivity contribution in [1.29, 1.82) is 0 Å². The van der Waals surface area contributed by atoms with Gasteiger partial charge in [0, 0.05) is 56.6 Å². The number of aliphatic hydroxyl groups is 1. The van der Waals surface area contributed by atoms with E-state index >= 15 is 0 Å². The molecule has 2 saturated heterocycles. The summed E-state index contributed by atoms with van der Waals surface area (Å²) in [5.74, 6) is 2.04. The second-order valence-electron chi connectivity index (χ2n) is 9.60. The number of furan rings is 1. The van der Waals surface area contributed by atoms with Crippen molar-refractivity contribution in [3.8, 4) is 22.5 Å². The number of aromatic nitrogens is 3. The second kappa shape index (κ2) is 9.48. The largest absolute Gasteiger partial charge is 0.437 e. The van der Waals surface area contributed by atoms with Crippen molar-refractivity contribution in [2.75, 3.05) is 56.1 Å². The van der Waals surface area contributed by atoms with E-state index in [4.69, 9.17) is 9.40 Å². The molecular formula is C27H29FN6O2. The van der Waals surface area contributed by atoms with Gasteiger partial charge in [0.25, 0.3) is 0 Å². The Kier molecular flexibility index (Phi) is 6.02. The maximum Gasteiger partial charge on any atom is 0.232 e. The minimum absolute atomic E-state index is 0.292. The Morgan fingerprint density at radius 3 is 2.28 bits per heavy atom. The minimum atomic E-state index is -0.298. The maximum atomic E-state index is 13.8. The number of hydrogen-bond donors (Lipinski definition) is 1. The summed E-state index contributed by atoms with van der Waals surface area (Å²) in [6.07, 6.45) is 4.42. The number of rotatable bonds is 4. The molecular weight excluding hydrogens is 459 g/mol. The molecule has 0 aliphatic carbocycles. The fourth-order valence-electron chi connectivity index (χ4n) is 5.07. The lowest BCUT2D eigenvalue weighted by atomic mass is 9.99. The lowest BCUT2D eigenvalue weighted by Crippen LogP contribution is -2.44. The van der Waals surface area contributed by atoms with Crippen LogP contribution in [0.4, 0.5) is 16.0 Å². The summed E-state index contributed by atoms with van der Waals surface area (Å²) in [5.41, 5.74) is 2.94. The number of halogens is 1. The minimum Gasteiger partial charge on any atom is -0.437 e. The monoisotopic (exact) mass is 488 g/mol. The van der Waals surface area contributed by atoms with E-state index in [2.05, 4.69) is 31.7 Å². The van der Waals surface area contributed by atoms with Crippen LogP contribution in [-0.2, 0) is 0 Å². The van der Waals surface area contributed by atoms with Gasteiger partial charge in [0.15, 0.2) is 0 Å². The zero-order valence-electron chi connectivity index (χ0n) is 20.3. The summed E-state index contributed by atoms with van der Waals surface area (Å²) in [5, 5.41) is 10.8. The molecule has 5 heterocycles. The molecule has 36 heavy (non-hydrogen) atoms. The topological polar surface area (TPSA) is 81.8 Å². The van der Waals surface area contributed by atoms with Gasteiger partial charge in [0.1, 0.15) is 29.5 Å². The Labute approximate surface area is 209 Å². The highest BCUT2D eigenvalue weighted by Crippen LogP contribution is 2.43. The van der Waals surface area contributed by atoms with Gasteiger partial charge in [-0.15, -0.1) is 0 Å². The molecule has 0 bridgehead atoms. The highest BCUT2D eigenvalue weighted by molar-refractivity contribution is 6.06. The van der Waals surface area contributed by atoms with Gasteiger partial charge in [-0.2, -0.15) is 0 Å². The van der Waals surface area contributed by atoms with Gasteiger partial charge in [0.05, 0.1) is 11.5 Å². The molecule has 0 atom stereocenters. The average molecular weight is 489 g/mol. The quantitative estimate of drug-likeness (QED) is 0.465. The Balaban J connectivity index is 1.45. The van der Waals surface area contributed by atoms with Crippen molar-refractivity contribution < 1.29 is 13.9 Å². The van der Waals surface area contributed by atoms with Crippen molar-refractivity contribution >= 4 is 22.7 Å². The highest BCUT2D eigenvalue weighted by Gasteiger charge is 2.27. The molecule has 186 valence electrons. The number of pyridine rings is 1. The van der Waals surface area contributed by atoms with Crippen LogP contribution in [0.3, 0.4) is 0 Å². The number of fused-ring (bicyclic) bond motifs is 1. The number of likely N-dealkylation sites (N-methyl/N-ethyl adjacent to an activating group) is 1. The van der Waals surface area contributed by atoms with Crippen molar-refractivity contribution in [2.24, 2.45) is 0 Å². The first-order valence-corrected chi connectivity index (χ1v) is 12.4. The highest BCUT2D eigenvalue weighted by atomic mass is 19.1. The molecule has 2 fully saturated rings. The normalized spacial score (nSPS) is 17.8. The zero-order chi connectivity index (χ0) is 24.6. The van der Waals surface area contributed by atoms with E-state index in [9.17, 15) is 9.50 Å². The molecule has 2 aliphatic rings. The number of piperidine rings is 1. The van der Waals surface area contributed by atoms with Crippen molar-refractivity contribution in [3.05, 3.63) is 54.7 Å². The van der Waals surface area contributed by atoms with Crippen LogP contribution in [0.1, 0.15) is 12.8 Å². The molecule has 4 aromatic rings. The summed E-state index contributed by atoms with van der Waals surface area (Å²) >= 11 is 0. The number of aliphatic hydroxyl groups excluding tert-OH is 1. The number of anilines is 2. The van der Waals surface area contributed by atoms with Crippen molar-refractivity contribution in [1.82, 2.24) is 19.9 Å². The molecule has 6 rings (SSSR count). The summed E-state index contributed by atoms with van der Waals surface area (Å²) in [6.45, 7) is 5.29. The summed E-state index contributed by atoms with van der Waals surface area (Å²) in [6, 6.07) is 10.5. The Hall–Kier alpha value is -3.56. The van der Waals surface area contributed by atoms with E-state index in [0.717, 1.165) is 59.9 Å². The fraction of sp³-hybridized carbons (Fsp3) is 0.370. The number of benzene rings is 1. The van der Waals surface area contributed by atoms with Gasteiger partial charge >= 0.3 is 0 Å². The number of piperazine rings is 1. The Bertz CT molecular complexity index is 1340. The van der Waals surface area contributed by atoms with Crippen LogP contribution in [0.2, 0.25) is 0 Å². The van der Waals surface area contributed by atoms with Crippen LogP contribution in [0.25, 0.3) is 33.6 Å². The number of nitrogens with zero attached hydrogens (tertiary/aromatic N) is 6. The first kappa shape index (κ1) is 22.9. The van der Waals surface area contributed by atoms with E-state index in [1.165, 1.54) is 18.5 Å². The van der Waals surface area contributed by atoms with Crippen molar-refractivity contribution in [2.45, 2.75) is 18.9 Å². The van der Waals surface area contributed by atoms with Gasteiger partial charge in [0.2, 0.25) is 5.71 Å². The Morgan fingerprint density at radius 1 is 0.861 bits per heavy atom. The summed E-state index contributed by atoms with van der Waals surface area (Å²) in [7, 11) is 2.13. The summed E-state index contributed by atoms with van der Waals surface area (Å²) in [4.78, 5) is 20.6. The molecule has 8 nitrogen and oxygen atoms in total. The zero-order valence-corrected chi connectivity index (χ0v) is 20.3. The maximum absolute atomic E-state index is 13.8. The van der Waals surface area contributed by atoms with Crippen LogP contribution < -0.4 is 9.80 Å². The van der Waals surface area contributed by atoms with Crippen LogP contribution in [-0.4, -0.2) is 77.4 Å². The third-order valence-electron chi connectivity index (χ3n) is 7.20. The molecule has 0 unspecified atom stereocenters. The predicted octanol–water partition coefficient (Wildman–Crippen LogP) is 3.80. The second-order valence-corrected chi connectivity index (χ2v) is 9.60. The van der Waals surface area contributed by atoms with Gasteiger partial charge in [-0.1, -0.05) is 12.1 Å². The van der Waals surface area contributed by atoms with Crippen molar-refractivity contribution in [3.63, 3.8) is 0 Å². The first-order valence-electron chi connectivity index (χ1n) is 12.4. The van der Waals surface area contributed by atoms with Gasteiger partial charge in [-0.25, -0.2) is 19.3 Å². The molecule has 0 spiro atoms. The summed E-state index contributed by atoms with van der Waals surface area (Å²) < 4.78 is 20.2. The molecule has 0 saturated carbocycles. The Morgan fingerprint density at radius 2 is 1.58 bits per heavy atom. The number of hydrogen-bond acceptors (Lipinski definition) is 8. The van der Waals surface area contributed by atoms with Crippen LogP contribution in [0.15, 0.2) is 53.3 Å². The smallest absolute Gasteiger partial charge is 0.232 e. The van der Waals surface area contributed by atoms with Gasteiger partial charge in [-0.05, 0) is 49.7 Å². The van der Waals surface area contributed by atoms with Crippen LogP contribution in [0, 0.1) is 5.82 Å². The molecule has 2 aliphatic heterocycles.